The van der Waals surface area contributed by atoms with E-state index >= 15 is 0 Å². The van der Waals surface area contributed by atoms with Crippen LogP contribution in [0.5, 0.6) is 11.5 Å². The number of hydrogen-bond acceptors (Lipinski definition) is 4. The van der Waals surface area contributed by atoms with Crippen molar-refractivity contribution < 1.29 is 14.2 Å². The zero-order valence-corrected chi connectivity index (χ0v) is 13.8. The number of fused-ring (bicyclic) bond motifs is 1. The van der Waals surface area contributed by atoms with Crippen molar-refractivity contribution in [3.05, 3.63) is 58.2 Å². The van der Waals surface area contributed by atoms with E-state index in [0.29, 0.717) is 0 Å². The van der Waals surface area contributed by atoms with Gasteiger partial charge in [0.2, 0.25) is 6.79 Å². The van der Waals surface area contributed by atoms with Gasteiger partial charge in [-0.25, -0.2) is 0 Å². The molecule has 2 aromatic rings. The first kappa shape index (κ1) is 14.6. The molecule has 3 heterocycles. The van der Waals surface area contributed by atoms with Gasteiger partial charge in [-0.1, -0.05) is 6.07 Å². The van der Waals surface area contributed by atoms with Crippen molar-refractivity contribution in [2.75, 3.05) is 13.9 Å². The second kappa shape index (κ2) is 5.60. The summed E-state index contributed by atoms with van der Waals surface area (Å²) in [7, 11) is 1.66. The summed E-state index contributed by atoms with van der Waals surface area (Å²) in [6.07, 6.45) is 3.84. The second-order valence-electron chi connectivity index (χ2n) is 5.85. The van der Waals surface area contributed by atoms with Crippen LogP contribution >= 0.6 is 0 Å². The van der Waals surface area contributed by atoms with E-state index in [0.717, 1.165) is 45.5 Å². The third-order valence-electron chi connectivity index (χ3n) is 4.17. The topological polar surface area (TPSA) is 55.8 Å². The van der Waals surface area contributed by atoms with Gasteiger partial charge in [-0.05, 0) is 49.2 Å². The molecule has 0 fully saturated rings. The highest BCUT2D eigenvalue weighted by Crippen LogP contribution is 2.37. The molecule has 2 aliphatic rings. The molecular weight excluding hydrogens is 304 g/mol. The van der Waals surface area contributed by atoms with Crippen molar-refractivity contribution in [3.8, 4) is 11.5 Å². The summed E-state index contributed by atoms with van der Waals surface area (Å²) in [4.78, 5) is 7.87. The highest BCUT2D eigenvalue weighted by atomic mass is 16.7. The normalized spacial score (nSPS) is 17.2. The Morgan fingerprint density at radius 2 is 2.00 bits per heavy atom. The minimum absolute atomic E-state index is 0.264. The average Bonchev–Trinajstić information content (AvgIpc) is 3.26. The molecule has 2 aliphatic heterocycles. The van der Waals surface area contributed by atoms with Crippen LogP contribution in [-0.2, 0) is 4.74 Å². The van der Waals surface area contributed by atoms with E-state index in [2.05, 4.69) is 23.0 Å². The standard InChI is InChI=1S/C19H18N2O3/c1-11-6-12(2)21-15(11)8-16-19(22-3)14(9-20-16)13-4-5-17-18(7-13)24-10-23-17/h4-9,21H,10H2,1-3H3. The van der Waals surface area contributed by atoms with Gasteiger partial charge in [-0.15, -0.1) is 0 Å². The predicted molar refractivity (Wildman–Crippen MR) is 93.2 cm³/mol. The lowest BCUT2D eigenvalue weighted by Crippen LogP contribution is -1.93. The Bertz CT molecular complexity index is 903. The minimum Gasteiger partial charge on any atom is -0.494 e. The van der Waals surface area contributed by atoms with Crippen LogP contribution < -0.4 is 9.47 Å². The van der Waals surface area contributed by atoms with E-state index in [1.54, 1.807) is 7.11 Å². The van der Waals surface area contributed by atoms with Gasteiger partial charge in [-0.2, -0.15) is 0 Å². The van der Waals surface area contributed by atoms with Gasteiger partial charge in [0.1, 0.15) is 5.70 Å². The van der Waals surface area contributed by atoms with E-state index < -0.39 is 0 Å². The molecule has 24 heavy (non-hydrogen) atoms. The number of methoxy groups -OCH3 is 1. The number of ether oxygens (including phenoxy) is 3. The van der Waals surface area contributed by atoms with Crippen molar-refractivity contribution in [2.45, 2.75) is 13.8 Å². The Hall–Kier alpha value is -2.95. The molecule has 5 heteroatoms. The summed E-state index contributed by atoms with van der Waals surface area (Å²) in [5.41, 5.74) is 6.07. The van der Waals surface area contributed by atoms with Gasteiger partial charge in [0.25, 0.3) is 0 Å². The number of rotatable bonds is 3. The number of H-pyrrole nitrogens is 1. The van der Waals surface area contributed by atoms with E-state index in [1.165, 1.54) is 5.56 Å². The van der Waals surface area contributed by atoms with Crippen molar-refractivity contribution in [1.82, 2.24) is 4.98 Å². The van der Waals surface area contributed by atoms with Crippen molar-refractivity contribution >= 4 is 17.9 Å². The molecule has 0 unspecified atom stereocenters. The van der Waals surface area contributed by atoms with Crippen molar-refractivity contribution in [1.29, 1.82) is 0 Å². The average molecular weight is 322 g/mol. The molecule has 0 amide bonds. The highest BCUT2D eigenvalue weighted by Gasteiger charge is 2.21. The molecule has 0 bridgehead atoms. The zero-order chi connectivity index (χ0) is 16.7. The van der Waals surface area contributed by atoms with Crippen LogP contribution in [0.25, 0.3) is 11.6 Å². The Balaban J connectivity index is 1.75. The summed E-state index contributed by atoms with van der Waals surface area (Å²) in [6, 6.07) is 7.96. The first-order valence-corrected chi connectivity index (χ1v) is 7.76. The number of allylic oxidation sites excluding steroid dienone is 1. The van der Waals surface area contributed by atoms with E-state index in [1.807, 2.05) is 37.4 Å². The van der Waals surface area contributed by atoms with Crippen LogP contribution in [0.3, 0.4) is 0 Å². The third kappa shape index (κ3) is 2.38. The summed E-state index contributed by atoms with van der Waals surface area (Å²) in [6.45, 7) is 4.38. The van der Waals surface area contributed by atoms with Crippen LogP contribution in [0, 0.1) is 13.8 Å². The fraction of sp³-hybridized carbons (Fsp3) is 0.211. The maximum Gasteiger partial charge on any atom is 0.231 e. The monoisotopic (exact) mass is 322 g/mol. The quantitative estimate of drug-likeness (QED) is 0.934. The maximum absolute atomic E-state index is 5.63. The molecule has 122 valence electrons. The first-order chi connectivity index (χ1) is 11.7. The van der Waals surface area contributed by atoms with Crippen LogP contribution in [0.2, 0.25) is 0 Å². The van der Waals surface area contributed by atoms with Crippen LogP contribution in [0.15, 0.2) is 40.7 Å². The Labute approximate surface area is 140 Å². The molecule has 0 spiro atoms. The van der Waals surface area contributed by atoms with E-state index in [4.69, 9.17) is 14.2 Å². The maximum atomic E-state index is 5.63. The lowest BCUT2D eigenvalue weighted by Gasteiger charge is -2.07. The lowest BCUT2D eigenvalue weighted by molar-refractivity contribution is 0.174. The van der Waals surface area contributed by atoms with Crippen molar-refractivity contribution in [2.24, 2.45) is 4.99 Å². The molecule has 0 atom stereocenters. The molecule has 0 saturated carbocycles. The third-order valence-corrected chi connectivity index (χ3v) is 4.17. The van der Waals surface area contributed by atoms with Crippen LogP contribution in [-0.4, -0.2) is 25.1 Å². The van der Waals surface area contributed by atoms with Gasteiger partial charge in [0.05, 0.1) is 7.11 Å². The summed E-state index contributed by atoms with van der Waals surface area (Å²) in [5.74, 6) is 2.26. The number of aromatic nitrogens is 1. The number of aryl methyl sites for hydroxylation is 2. The summed E-state index contributed by atoms with van der Waals surface area (Å²) < 4.78 is 16.5. The minimum atomic E-state index is 0.264. The molecule has 0 aliphatic carbocycles. The SMILES string of the molecule is COC1=C(c2ccc3c(c2)OCO3)C=NC1=Cc1[nH]c(C)cc1C. The second-order valence-corrected chi connectivity index (χ2v) is 5.85. The number of aromatic amines is 1. The zero-order valence-electron chi connectivity index (χ0n) is 13.8. The molecule has 1 N–H and O–H groups in total. The van der Waals surface area contributed by atoms with Gasteiger partial charge in [0.15, 0.2) is 17.3 Å². The molecule has 0 radical (unpaired) electrons. The molecule has 5 nitrogen and oxygen atoms in total. The Morgan fingerprint density at radius 3 is 2.75 bits per heavy atom. The number of hydrogen-bond donors (Lipinski definition) is 1. The Morgan fingerprint density at radius 1 is 1.17 bits per heavy atom. The summed E-state index contributed by atoms with van der Waals surface area (Å²) in [5, 5.41) is 0. The molecule has 1 aromatic heterocycles. The van der Waals surface area contributed by atoms with E-state index in [-0.39, 0.29) is 6.79 Å². The van der Waals surface area contributed by atoms with Crippen LogP contribution in [0.1, 0.15) is 22.5 Å². The molecule has 0 saturated heterocycles. The molecule has 4 rings (SSSR count). The van der Waals surface area contributed by atoms with Crippen LogP contribution in [0.4, 0.5) is 0 Å². The first-order valence-electron chi connectivity index (χ1n) is 7.76. The predicted octanol–water partition coefficient (Wildman–Crippen LogP) is 3.84. The number of benzene rings is 1. The molecule has 1 aromatic carbocycles. The lowest BCUT2D eigenvalue weighted by atomic mass is 10.0. The van der Waals surface area contributed by atoms with E-state index in [9.17, 15) is 0 Å². The smallest absolute Gasteiger partial charge is 0.231 e. The highest BCUT2D eigenvalue weighted by molar-refractivity contribution is 6.15. The Kier molecular flexibility index (Phi) is 3.41. The largest absolute Gasteiger partial charge is 0.494 e. The fourth-order valence-corrected chi connectivity index (χ4v) is 3.01. The fourth-order valence-electron chi connectivity index (χ4n) is 3.01. The van der Waals surface area contributed by atoms with Crippen molar-refractivity contribution in [3.63, 3.8) is 0 Å². The van der Waals surface area contributed by atoms with Gasteiger partial charge in [0, 0.05) is 23.2 Å². The summed E-state index contributed by atoms with van der Waals surface area (Å²) >= 11 is 0. The number of aliphatic imine (C=N–C) groups is 1. The van der Waals surface area contributed by atoms with Gasteiger partial charge < -0.3 is 19.2 Å². The van der Waals surface area contributed by atoms with Gasteiger partial charge in [-0.3, -0.25) is 4.99 Å². The molecular formula is C19H18N2O3. The number of nitrogens with zero attached hydrogens (tertiary/aromatic N) is 1. The van der Waals surface area contributed by atoms with Gasteiger partial charge >= 0.3 is 0 Å². The number of nitrogens with one attached hydrogen (secondary N) is 1.